The molecule has 0 atom stereocenters. The number of carbonyl (C=O) groups excluding carboxylic acids is 1. The Bertz CT molecular complexity index is 1420. The molecule has 0 unspecified atom stereocenters. The van der Waals surface area contributed by atoms with E-state index in [1.165, 1.54) is 28.6 Å². The van der Waals surface area contributed by atoms with Crippen LogP contribution >= 0.6 is 23.4 Å². The number of halogens is 5. The molecule has 1 aromatic heterocycles. The topological polar surface area (TPSA) is 53.7 Å². The zero-order chi connectivity index (χ0) is 26.9. The Morgan fingerprint density at radius 1 is 1.08 bits per heavy atom. The Morgan fingerprint density at radius 3 is 2.71 bits per heavy atom. The van der Waals surface area contributed by atoms with Gasteiger partial charge in [-0.3, -0.25) is 14.4 Å². The predicted octanol–water partition coefficient (Wildman–Crippen LogP) is 5.70. The van der Waals surface area contributed by atoms with E-state index in [1.807, 2.05) is 6.07 Å². The van der Waals surface area contributed by atoms with Crippen molar-refractivity contribution in [2.75, 3.05) is 39.4 Å². The van der Waals surface area contributed by atoms with E-state index in [9.17, 15) is 22.4 Å². The van der Waals surface area contributed by atoms with Gasteiger partial charge in [-0.15, -0.1) is 0 Å². The molecule has 12 heteroatoms. The van der Waals surface area contributed by atoms with Crippen molar-refractivity contribution < 1.29 is 22.4 Å². The third-order valence-electron chi connectivity index (χ3n) is 6.53. The molecule has 0 aliphatic carbocycles. The van der Waals surface area contributed by atoms with E-state index in [1.54, 1.807) is 24.4 Å². The van der Waals surface area contributed by atoms with Gasteiger partial charge in [-0.1, -0.05) is 23.7 Å². The molecule has 2 aromatic carbocycles. The summed E-state index contributed by atoms with van der Waals surface area (Å²) in [5.74, 6) is -0.312. The molecule has 0 bridgehead atoms. The lowest BCUT2D eigenvalue weighted by Crippen LogP contribution is -2.33. The lowest BCUT2D eigenvalue weighted by Gasteiger charge is -2.21. The molecule has 200 valence electrons. The van der Waals surface area contributed by atoms with Crippen LogP contribution in [0.4, 0.5) is 17.6 Å². The van der Waals surface area contributed by atoms with Gasteiger partial charge >= 0.3 is 6.18 Å². The lowest BCUT2D eigenvalue weighted by atomic mass is 10.1. The van der Waals surface area contributed by atoms with Gasteiger partial charge in [0.05, 0.1) is 28.7 Å². The van der Waals surface area contributed by atoms with Crippen molar-refractivity contribution in [2.24, 2.45) is 4.99 Å². The Labute approximate surface area is 225 Å². The molecule has 2 aliphatic heterocycles. The monoisotopic (exact) mass is 565 g/mol. The molecule has 2 aliphatic rings. The Kier molecular flexibility index (Phi) is 7.78. The highest BCUT2D eigenvalue weighted by Crippen LogP contribution is 2.35. The van der Waals surface area contributed by atoms with Crippen molar-refractivity contribution >= 4 is 51.4 Å². The summed E-state index contributed by atoms with van der Waals surface area (Å²) in [7, 11) is 0. The summed E-state index contributed by atoms with van der Waals surface area (Å²) in [6, 6.07) is 9.13. The second-order valence-corrected chi connectivity index (χ2v) is 10.5. The molecule has 3 aromatic rings. The number of amidine groups is 1. The molecule has 0 N–H and O–H groups in total. The number of nitrogens with zero attached hydrogens (tertiary/aromatic N) is 5. The van der Waals surface area contributed by atoms with Gasteiger partial charge in [0, 0.05) is 36.6 Å². The van der Waals surface area contributed by atoms with E-state index in [2.05, 4.69) is 19.9 Å². The zero-order valence-electron chi connectivity index (χ0n) is 20.2. The fourth-order valence-corrected chi connectivity index (χ4v) is 5.76. The first-order valence-corrected chi connectivity index (χ1v) is 13.3. The average Bonchev–Trinajstić information content (AvgIpc) is 3.34. The number of amides is 1. The van der Waals surface area contributed by atoms with Gasteiger partial charge in [0.25, 0.3) is 5.91 Å². The maximum absolute atomic E-state index is 13.5. The molecule has 38 heavy (non-hydrogen) atoms. The number of hydrogen-bond acceptors (Lipinski definition) is 5. The van der Waals surface area contributed by atoms with Crippen molar-refractivity contribution in [2.45, 2.75) is 19.1 Å². The second kappa shape index (κ2) is 11.1. The lowest BCUT2D eigenvalue weighted by molar-refractivity contribution is -0.138. The summed E-state index contributed by atoms with van der Waals surface area (Å²) in [6.07, 6.45) is -0.315. The van der Waals surface area contributed by atoms with Gasteiger partial charge < -0.3 is 4.90 Å². The highest BCUT2D eigenvalue weighted by atomic mass is 35.5. The number of aliphatic imine (C=N–C) groups is 1. The fraction of sp³-hybridized carbons (Fsp3) is 0.346. The Morgan fingerprint density at radius 2 is 1.92 bits per heavy atom. The second-order valence-electron chi connectivity index (χ2n) is 9.10. The number of thioether (sulfide) groups is 1. The third kappa shape index (κ3) is 5.89. The minimum atomic E-state index is -4.53. The van der Waals surface area contributed by atoms with E-state index in [-0.39, 0.29) is 29.7 Å². The molecule has 5 rings (SSSR count). The molecule has 0 spiro atoms. The summed E-state index contributed by atoms with van der Waals surface area (Å²) < 4.78 is 54.7. The van der Waals surface area contributed by atoms with E-state index >= 15 is 0 Å². The SMILES string of the molecule is O=C1N=C(N2CCCN(CCF)CC2)S/C1=C\c1ccc2c(cnn2Cc2ccc(Cl)cc2C(F)(F)F)c1. The zero-order valence-corrected chi connectivity index (χ0v) is 21.8. The van der Waals surface area contributed by atoms with Gasteiger partial charge in [-0.2, -0.15) is 23.3 Å². The van der Waals surface area contributed by atoms with Crippen molar-refractivity contribution in [1.29, 1.82) is 0 Å². The number of aromatic nitrogens is 2. The Balaban J connectivity index is 1.31. The van der Waals surface area contributed by atoms with Gasteiger partial charge in [-0.25, -0.2) is 4.39 Å². The van der Waals surface area contributed by atoms with E-state index < -0.39 is 11.7 Å². The number of benzene rings is 2. The minimum Gasteiger partial charge on any atom is -0.349 e. The number of rotatable bonds is 5. The quantitative estimate of drug-likeness (QED) is 0.293. The smallest absolute Gasteiger partial charge is 0.349 e. The van der Waals surface area contributed by atoms with Gasteiger partial charge in [-0.05, 0) is 66.2 Å². The van der Waals surface area contributed by atoms with Crippen LogP contribution < -0.4 is 0 Å². The first-order valence-electron chi connectivity index (χ1n) is 12.1. The van der Waals surface area contributed by atoms with Gasteiger partial charge in [0.15, 0.2) is 5.17 Å². The maximum Gasteiger partial charge on any atom is 0.416 e. The molecule has 6 nitrogen and oxygen atoms in total. The van der Waals surface area contributed by atoms with E-state index in [4.69, 9.17) is 11.6 Å². The van der Waals surface area contributed by atoms with Crippen LogP contribution in [0, 0.1) is 0 Å². The molecule has 1 saturated heterocycles. The number of hydrogen-bond donors (Lipinski definition) is 0. The minimum absolute atomic E-state index is 0.0187. The van der Waals surface area contributed by atoms with Crippen molar-refractivity contribution in [3.63, 3.8) is 0 Å². The normalized spacial score (nSPS) is 18.4. The van der Waals surface area contributed by atoms with Crippen molar-refractivity contribution in [1.82, 2.24) is 19.6 Å². The van der Waals surface area contributed by atoms with E-state index in [0.717, 1.165) is 43.1 Å². The average molecular weight is 566 g/mol. The van der Waals surface area contributed by atoms with Crippen LogP contribution in [-0.4, -0.2) is 70.1 Å². The number of alkyl halides is 4. The van der Waals surface area contributed by atoms with Crippen LogP contribution in [0.5, 0.6) is 0 Å². The standard InChI is InChI=1S/C26H24ClF4N5OS/c27-20-4-3-18(21(14-20)26(29,30)31)16-36-22-5-2-17(12-19(22)15-32-36)13-23-24(37)33-25(38-23)35-8-1-7-34(9-6-28)10-11-35/h2-5,12-15H,1,6-11,16H2/b23-13-. The summed E-state index contributed by atoms with van der Waals surface area (Å²) in [6.45, 7) is 2.95. The highest BCUT2D eigenvalue weighted by Gasteiger charge is 2.34. The van der Waals surface area contributed by atoms with Crippen LogP contribution in [0.1, 0.15) is 23.1 Å². The highest BCUT2D eigenvalue weighted by molar-refractivity contribution is 8.18. The molecular formula is C26H24ClF4N5OS. The molecule has 1 amide bonds. The summed E-state index contributed by atoms with van der Waals surface area (Å²) in [5, 5.41) is 5.70. The van der Waals surface area contributed by atoms with Crippen molar-refractivity contribution in [3.05, 3.63) is 69.2 Å². The molecule has 0 radical (unpaired) electrons. The van der Waals surface area contributed by atoms with Crippen LogP contribution in [0.25, 0.3) is 17.0 Å². The predicted molar refractivity (Wildman–Crippen MR) is 142 cm³/mol. The van der Waals surface area contributed by atoms with Gasteiger partial charge in [0.2, 0.25) is 0 Å². The van der Waals surface area contributed by atoms with Crippen LogP contribution in [0.2, 0.25) is 5.02 Å². The fourth-order valence-electron chi connectivity index (χ4n) is 4.62. The van der Waals surface area contributed by atoms with E-state index in [0.29, 0.717) is 28.7 Å². The maximum atomic E-state index is 13.5. The van der Waals surface area contributed by atoms with Crippen LogP contribution in [0.15, 0.2) is 52.5 Å². The molecule has 3 heterocycles. The number of fused-ring (bicyclic) bond motifs is 1. The van der Waals surface area contributed by atoms with Gasteiger partial charge in [0.1, 0.15) is 6.67 Å². The van der Waals surface area contributed by atoms with Crippen molar-refractivity contribution in [3.8, 4) is 0 Å². The largest absolute Gasteiger partial charge is 0.416 e. The summed E-state index contributed by atoms with van der Waals surface area (Å²) >= 11 is 7.11. The Hall–Kier alpha value is -2.89. The first-order chi connectivity index (χ1) is 18.2. The molecular weight excluding hydrogens is 542 g/mol. The summed E-state index contributed by atoms with van der Waals surface area (Å²) in [5.41, 5.74) is 0.705. The van der Waals surface area contributed by atoms with Crippen LogP contribution in [0.3, 0.4) is 0 Å². The number of carbonyl (C=O) groups is 1. The molecule has 0 saturated carbocycles. The summed E-state index contributed by atoms with van der Waals surface area (Å²) in [4.78, 5) is 21.5. The first kappa shape index (κ1) is 26.7. The van der Waals surface area contributed by atoms with Crippen LogP contribution in [-0.2, 0) is 17.5 Å². The third-order valence-corrected chi connectivity index (χ3v) is 7.81. The molecule has 1 fully saturated rings.